The average Bonchev–Trinajstić information content (AvgIpc) is 2.79. The lowest BCUT2D eigenvalue weighted by Crippen LogP contribution is -2.39. The molecule has 0 radical (unpaired) electrons. The van der Waals surface area contributed by atoms with Crippen molar-refractivity contribution in [3.05, 3.63) is 35.9 Å². The minimum absolute atomic E-state index is 0.0241. The van der Waals surface area contributed by atoms with Crippen LogP contribution in [-0.2, 0) is 14.9 Å². The van der Waals surface area contributed by atoms with Crippen LogP contribution in [-0.4, -0.2) is 13.1 Å². The molecule has 3 fully saturated rings. The number of hydrogen-bond acceptors (Lipinski definition) is 2. The normalized spacial score (nSPS) is 33.7. The van der Waals surface area contributed by atoms with Gasteiger partial charge in [-0.15, -0.1) is 0 Å². The molecule has 1 aromatic carbocycles. The molecule has 0 aliphatic heterocycles. The Morgan fingerprint density at radius 3 is 2.32 bits per heavy atom. The Labute approximate surface area is 115 Å². The molecular formula is C17H22O2. The van der Waals surface area contributed by atoms with Crippen LogP contribution in [0.3, 0.4) is 0 Å². The van der Waals surface area contributed by atoms with Crippen LogP contribution in [0.2, 0.25) is 0 Å². The smallest absolute Gasteiger partial charge is 0.311 e. The summed E-state index contributed by atoms with van der Waals surface area (Å²) >= 11 is 0. The monoisotopic (exact) mass is 258 g/mol. The van der Waals surface area contributed by atoms with Crippen molar-refractivity contribution in [2.75, 3.05) is 7.11 Å². The Morgan fingerprint density at radius 1 is 1.00 bits per heavy atom. The van der Waals surface area contributed by atoms with Crippen LogP contribution < -0.4 is 0 Å². The molecule has 0 spiro atoms. The molecule has 0 saturated heterocycles. The standard InChI is InChI=1S/C17H22O2/c1-19-15(18)17-9-5-8-16(10-12-17,11-13-17)14-6-3-2-4-7-14/h2-4,6-7H,5,8-13H2,1H3. The summed E-state index contributed by atoms with van der Waals surface area (Å²) < 4.78 is 5.06. The molecule has 0 unspecified atom stereocenters. The number of hydrogen-bond donors (Lipinski definition) is 0. The van der Waals surface area contributed by atoms with Crippen LogP contribution in [0.25, 0.3) is 0 Å². The summed E-state index contributed by atoms with van der Waals surface area (Å²) in [6.07, 6.45) is 7.62. The first-order chi connectivity index (χ1) is 9.21. The summed E-state index contributed by atoms with van der Waals surface area (Å²) in [7, 11) is 1.53. The van der Waals surface area contributed by atoms with Crippen molar-refractivity contribution in [3.63, 3.8) is 0 Å². The van der Waals surface area contributed by atoms with Gasteiger partial charge in [-0.2, -0.15) is 0 Å². The van der Waals surface area contributed by atoms with E-state index in [4.69, 9.17) is 4.74 Å². The summed E-state index contributed by atoms with van der Waals surface area (Å²) in [4.78, 5) is 12.1. The van der Waals surface area contributed by atoms with Crippen molar-refractivity contribution in [3.8, 4) is 0 Å². The van der Waals surface area contributed by atoms with Crippen molar-refractivity contribution < 1.29 is 9.53 Å². The zero-order chi connectivity index (χ0) is 13.3. The summed E-state index contributed by atoms with van der Waals surface area (Å²) in [5.41, 5.74) is 1.61. The number of benzene rings is 1. The first-order valence-corrected chi connectivity index (χ1v) is 7.35. The predicted molar refractivity (Wildman–Crippen MR) is 74.9 cm³/mol. The van der Waals surface area contributed by atoms with Gasteiger partial charge < -0.3 is 4.74 Å². The molecule has 19 heavy (non-hydrogen) atoms. The minimum atomic E-state index is -0.177. The van der Waals surface area contributed by atoms with Gasteiger partial charge in [0.2, 0.25) is 0 Å². The van der Waals surface area contributed by atoms with E-state index in [1.807, 2.05) is 0 Å². The molecule has 0 N–H and O–H groups in total. The Balaban J connectivity index is 1.89. The predicted octanol–water partition coefficient (Wildman–Crippen LogP) is 3.84. The number of carbonyl (C=O) groups is 1. The van der Waals surface area contributed by atoms with Crippen molar-refractivity contribution in [2.24, 2.45) is 5.41 Å². The second-order valence-corrected chi connectivity index (χ2v) is 6.27. The SMILES string of the molecule is COC(=O)C12CCCC(c3ccccc3)(CC1)CC2. The van der Waals surface area contributed by atoms with E-state index in [2.05, 4.69) is 30.3 Å². The van der Waals surface area contributed by atoms with Gasteiger partial charge in [-0.1, -0.05) is 36.8 Å². The van der Waals surface area contributed by atoms with Crippen LogP contribution in [0, 0.1) is 5.41 Å². The van der Waals surface area contributed by atoms with Gasteiger partial charge >= 0.3 is 5.97 Å². The molecule has 0 aromatic heterocycles. The van der Waals surface area contributed by atoms with Crippen molar-refractivity contribution in [1.82, 2.24) is 0 Å². The van der Waals surface area contributed by atoms with Crippen LogP contribution in [0.5, 0.6) is 0 Å². The van der Waals surface area contributed by atoms with E-state index in [1.165, 1.54) is 19.1 Å². The average molecular weight is 258 g/mol. The maximum absolute atomic E-state index is 12.1. The lowest BCUT2D eigenvalue weighted by atomic mass is 9.62. The number of ether oxygens (including phenoxy) is 1. The fraction of sp³-hybridized carbons (Fsp3) is 0.588. The van der Waals surface area contributed by atoms with E-state index >= 15 is 0 Å². The highest BCUT2D eigenvalue weighted by atomic mass is 16.5. The first-order valence-electron chi connectivity index (χ1n) is 7.35. The number of fused-ring (bicyclic) bond motifs is 4. The Kier molecular flexibility index (Phi) is 3.12. The van der Waals surface area contributed by atoms with Crippen LogP contribution in [0.4, 0.5) is 0 Å². The molecule has 3 aliphatic rings. The molecule has 3 saturated carbocycles. The van der Waals surface area contributed by atoms with Crippen molar-refractivity contribution >= 4 is 5.97 Å². The minimum Gasteiger partial charge on any atom is -0.469 e. The molecule has 0 heterocycles. The van der Waals surface area contributed by atoms with Crippen molar-refractivity contribution in [2.45, 2.75) is 50.4 Å². The van der Waals surface area contributed by atoms with Gasteiger partial charge in [0.05, 0.1) is 12.5 Å². The molecule has 1 aromatic rings. The molecule has 2 nitrogen and oxygen atoms in total. The molecule has 2 bridgehead atoms. The van der Waals surface area contributed by atoms with Gasteiger partial charge in [0.15, 0.2) is 0 Å². The van der Waals surface area contributed by atoms with Crippen LogP contribution >= 0.6 is 0 Å². The van der Waals surface area contributed by atoms with Gasteiger partial charge in [-0.05, 0) is 49.5 Å². The highest BCUT2D eigenvalue weighted by molar-refractivity contribution is 5.77. The lowest BCUT2D eigenvalue weighted by molar-refractivity contribution is -0.155. The summed E-state index contributed by atoms with van der Waals surface area (Å²) in [6, 6.07) is 10.9. The lowest BCUT2D eigenvalue weighted by Gasteiger charge is -2.41. The van der Waals surface area contributed by atoms with E-state index in [0.717, 1.165) is 38.5 Å². The number of esters is 1. The molecule has 2 heteroatoms. The number of rotatable bonds is 2. The highest BCUT2D eigenvalue weighted by Gasteiger charge is 2.50. The topological polar surface area (TPSA) is 26.3 Å². The number of carbonyl (C=O) groups excluding carboxylic acids is 1. The Bertz CT molecular complexity index is 455. The van der Waals surface area contributed by atoms with Gasteiger partial charge in [-0.3, -0.25) is 4.79 Å². The quantitative estimate of drug-likeness (QED) is 0.753. The Morgan fingerprint density at radius 2 is 1.68 bits per heavy atom. The maximum Gasteiger partial charge on any atom is 0.311 e. The van der Waals surface area contributed by atoms with Gasteiger partial charge in [-0.25, -0.2) is 0 Å². The molecule has 0 atom stereocenters. The largest absolute Gasteiger partial charge is 0.469 e. The van der Waals surface area contributed by atoms with E-state index in [9.17, 15) is 4.79 Å². The van der Waals surface area contributed by atoms with Crippen molar-refractivity contribution in [1.29, 1.82) is 0 Å². The van der Waals surface area contributed by atoms with Crippen LogP contribution in [0.1, 0.15) is 50.5 Å². The zero-order valence-electron chi connectivity index (χ0n) is 11.7. The van der Waals surface area contributed by atoms with E-state index in [-0.39, 0.29) is 11.4 Å². The molecule has 3 aliphatic carbocycles. The fourth-order valence-electron chi connectivity index (χ4n) is 4.22. The van der Waals surface area contributed by atoms with Gasteiger partial charge in [0.1, 0.15) is 0 Å². The molecular weight excluding hydrogens is 236 g/mol. The summed E-state index contributed by atoms with van der Waals surface area (Å²) in [6.45, 7) is 0. The third-order valence-electron chi connectivity index (χ3n) is 5.48. The highest BCUT2D eigenvalue weighted by Crippen LogP contribution is 2.55. The van der Waals surface area contributed by atoms with Gasteiger partial charge in [0.25, 0.3) is 0 Å². The molecule has 102 valence electrons. The molecule has 0 amide bonds. The summed E-state index contributed by atoms with van der Waals surface area (Å²) in [5, 5.41) is 0. The molecule has 4 rings (SSSR count). The zero-order valence-corrected chi connectivity index (χ0v) is 11.7. The first kappa shape index (κ1) is 12.7. The van der Waals surface area contributed by atoms with E-state index in [0.29, 0.717) is 5.41 Å². The second-order valence-electron chi connectivity index (χ2n) is 6.27. The Hall–Kier alpha value is -1.31. The summed E-state index contributed by atoms with van der Waals surface area (Å²) in [5.74, 6) is 0.0241. The van der Waals surface area contributed by atoms with Gasteiger partial charge in [0, 0.05) is 0 Å². The number of methoxy groups -OCH3 is 1. The van der Waals surface area contributed by atoms with Crippen LogP contribution in [0.15, 0.2) is 30.3 Å². The third kappa shape index (κ3) is 1.98. The maximum atomic E-state index is 12.1. The van der Waals surface area contributed by atoms with E-state index in [1.54, 1.807) is 0 Å². The fourth-order valence-corrected chi connectivity index (χ4v) is 4.22. The second kappa shape index (κ2) is 4.66. The van der Waals surface area contributed by atoms with E-state index < -0.39 is 0 Å². The third-order valence-corrected chi connectivity index (χ3v) is 5.48.